The van der Waals surface area contributed by atoms with Gasteiger partial charge in [-0.05, 0) is 25.3 Å². The molecule has 2 N–H and O–H groups in total. The second kappa shape index (κ2) is 6.98. The zero-order chi connectivity index (χ0) is 16.2. The fourth-order valence-corrected chi connectivity index (χ4v) is 2.67. The van der Waals surface area contributed by atoms with Gasteiger partial charge in [0.1, 0.15) is 5.82 Å². The number of halogens is 4. The minimum absolute atomic E-state index is 0.00603. The van der Waals surface area contributed by atoms with E-state index >= 15 is 0 Å². The molecule has 2 atom stereocenters. The van der Waals surface area contributed by atoms with Gasteiger partial charge in [0.15, 0.2) is 0 Å². The molecule has 1 saturated carbocycles. The standard InChI is InChI=1S/C15H18F4N2O/c16-13-7-2-1-4-10(13)9-20-14(22)21-12-6-3-5-11(8-12)15(17,18)19/h1-2,4,7,11-12H,3,5-6,8-9H2,(H2,20,21,22). The van der Waals surface area contributed by atoms with Crippen LogP contribution in [-0.2, 0) is 6.54 Å². The molecule has 22 heavy (non-hydrogen) atoms. The van der Waals surface area contributed by atoms with E-state index in [1.807, 2.05) is 0 Å². The Hall–Kier alpha value is -1.79. The second-order valence-corrected chi connectivity index (χ2v) is 5.52. The molecule has 1 aliphatic rings. The Balaban J connectivity index is 1.81. The number of nitrogens with one attached hydrogen (secondary N) is 2. The fraction of sp³-hybridized carbons (Fsp3) is 0.533. The first kappa shape index (κ1) is 16.6. The molecule has 0 aliphatic heterocycles. The van der Waals surface area contributed by atoms with E-state index in [0.717, 1.165) is 0 Å². The summed E-state index contributed by atoms with van der Waals surface area (Å²) < 4.78 is 51.5. The molecule has 0 saturated heterocycles. The maximum absolute atomic E-state index is 13.4. The SMILES string of the molecule is O=C(NCc1ccccc1F)NC1CCCC(C(F)(F)F)C1. The van der Waals surface area contributed by atoms with E-state index in [1.54, 1.807) is 6.07 Å². The van der Waals surface area contributed by atoms with Gasteiger partial charge in [0.2, 0.25) is 0 Å². The van der Waals surface area contributed by atoms with Crippen LogP contribution in [0.1, 0.15) is 31.2 Å². The third-order valence-corrected chi connectivity index (χ3v) is 3.87. The minimum atomic E-state index is -4.22. The number of rotatable bonds is 3. The first-order valence-corrected chi connectivity index (χ1v) is 7.20. The Morgan fingerprint density at radius 1 is 1.23 bits per heavy atom. The molecule has 1 aliphatic carbocycles. The smallest absolute Gasteiger partial charge is 0.335 e. The molecular formula is C15H18F4N2O. The molecule has 1 fully saturated rings. The van der Waals surface area contributed by atoms with Crippen LogP contribution in [0.5, 0.6) is 0 Å². The summed E-state index contributed by atoms with van der Waals surface area (Å²) >= 11 is 0. The van der Waals surface area contributed by atoms with E-state index in [1.165, 1.54) is 18.2 Å². The van der Waals surface area contributed by atoms with Crippen molar-refractivity contribution in [1.29, 1.82) is 0 Å². The molecule has 0 aromatic heterocycles. The molecule has 0 heterocycles. The highest BCUT2D eigenvalue weighted by Crippen LogP contribution is 2.37. The van der Waals surface area contributed by atoms with Gasteiger partial charge in [0.25, 0.3) is 0 Å². The Morgan fingerprint density at radius 3 is 2.64 bits per heavy atom. The largest absolute Gasteiger partial charge is 0.391 e. The van der Waals surface area contributed by atoms with Crippen molar-refractivity contribution < 1.29 is 22.4 Å². The van der Waals surface area contributed by atoms with Gasteiger partial charge in [0, 0.05) is 18.2 Å². The summed E-state index contributed by atoms with van der Waals surface area (Å²) in [6.45, 7) is -0.00603. The molecule has 1 aromatic rings. The first-order chi connectivity index (χ1) is 10.4. The van der Waals surface area contributed by atoms with Gasteiger partial charge < -0.3 is 10.6 Å². The predicted octanol–water partition coefficient (Wildman–Crippen LogP) is 3.75. The molecule has 2 rings (SSSR count). The van der Waals surface area contributed by atoms with E-state index in [-0.39, 0.29) is 19.4 Å². The maximum Gasteiger partial charge on any atom is 0.391 e. The highest BCUT2D eigenvalue weighted by atomic mass is 19.4. The molecule has 3 nitrogen and oxygen atoms in total. The summed E-state index contributed by atoms with van der Waals surface area (Å²) in [5.74, 6) is -1.80. The van der Waals surface area contributed by atoms with Crippen molar-refractivity contribution in [2.75, 3.05) is 0 Å². The number of urea groups is 1. The first-order valence-electron chi connectivity index (χ1n) is 7.20. The summed E-state index contributed by atoms with van der Waals surface area (Å²) in [6, 6.07) is 4.93. The molecule has 2 unspecified atom stereocenters. The lowest BCUT2D eigenvalue weighted by atomic mass is 9.85. The number of carbonyl (C=O) groups excluding carboxylic acids is 1. The molecule has 0 radical (unpaired) electrons. The number of alkyl halides is 3. The average Bonchev–Trinajstić information content (AvgIpc) is 2.46. The Morgan fingerprint density at radius 2 is 1.95 bits per heavy atom. The number of amides is 2. The van der Waals surface area contributed by atoms with Gasteiger partial charge >= 0.3 is 12.2 Å². The van der Waals surface area contributed by atoms with Crippen LogP contribution in [-0.4, -0.2) is 18.2 Å². The molecule has 0 bridgehead atoms. The molecular weight excluding hydrogens is 300 g/mol. The Labute approximate surface area is 126 Å². The third-order valence-electron chi connectivity index (χ3n) is 3.87. The monoisotopic (exact) mass is 318 g/mol. The van der Waals surface area contributed by atoms with Crippen LogP contribution in [0.25, 0.3) is 0 Å². The topological polar surface area (TPSA) is 41.1 Å². The van der Waals surface area contributed by atoms with Gasteiger partial charge in [-0.15, -0.1) is 0 Å². The van der Waals surface area contributed by atoms with Crippen LogP contribution in [0.15, 0.2) is 24.3 Å². The zero-order valence-corrected chi connectivity index (χ0v) is 11.9. The number of benzene rings is 1. The van der Waals surface area contributed by atoms with Gasteiger partial charge in [-0.1, -0.05) is 24.6 Å². The van der Waals surface area contributed by atoms with Crippen molar-refractivity contribution in [1.82, 2.24) is 10.6 Å². The van der Waals surface area contributed by atoms with E-state index in [4.69, 9.17) is 0 Å². The molecule has 122 valence electrons. The molecule has 2 amide bonds. The molecule has 1 aromatic carbocycles. The fourth-order valence-electron chi connectivity index (χ4n) is 2.67. The summed E-state index contributed by atoms with van der Waals surface area (Å²) in [5, 5.41) is 5.01. The summed E-state index contributed by atoms with van der Waals surface area (Å²) in [4.78, 5) is 11.7. The number of carbonyl (C=O) groups is 1. The van der Waals surface area contributed by atoms with Crippen LogP contribution in [0.2, 0.25) is 0 Å². The maximum atomic E-state index is 13.4. The van der Waals surface area contributed by atoms with Crippen LogP contribution in [0.3, 0.4) is 0 Å². The highest BCUT2D eigenvalue weighted by Gasteiger charge is 2.42. The summed E-state index contributed by atoms with van der Waals surface area (Å²) in [6.07, 6.45) is -3.25. The van der Waals surface area contributed by atoms with Gasteiger partial charge in [-0.25, -0.2) is 9.18 Å². The van der Waals surface area contributed by atoms with Crippen molar-refractivity contribution in [2.24, 2.45) is 5.92 Å². The van der Waals surface area contributed by atoms with Crippen molar-refractivity contribution in [3.63, 3.8) is 0 Å². The Kier molecular flexibility index (Phi) is 5.26. The minimum Gasteiger partial charge on any atom is -0.335 e. The van der Waals surface area contributed by atoms with Crippen molar-refractivity contribution in [3.8, 4) is 0 Å². The van der Waals surface area contributed by atoms with E-state index in [0.29, 0.717) is 18.4 Å². The lowest BCUT2D eigenvalue weighted by Gasteiger charge is -2.31. The predicted molar refractivity (Wildman–Crippen MR) is 73.6 cm³/mol. The quantitative estimate of drug-likeness (QED) is 0.819. The van der Waals surface area contributed by atoms with Crippen molar-refractivity contribution >= 4 is 6.03 Å². The average molecular weight is 318 g/mol. The van der Waals surface area contributed by atoms with E-state index in [2.05, 4.69) is 10.6 Å². The normalized spacial score (nSPS) is 22.2. The molecule has 0 spiro atoms. The van der Waals surface area contributed by atoms with Crippen LogP contribution in [0.4, 0.5) is 22.4 Å². The third kappa shape index (κ3) is 4.61. The van der Waals surface area contributed by atoms with Crippen molar-refractivity contribution in [3.05, 3.63) is 35.6 Å². The number of hydrogen-bond donors (Lipinski definition) is 2. The van der Waals surface area contributed by atoms with Gasteiger partial charge in [-0.3, -0.25) is 0 Å². The summed E-state index contributed by atoms with van der Waals surface area (Å²) in [5.41, 5.74) is 0.328. The van der Waals surface area contributed by atoms with E-state index in [9.17, 15) is 22.4 Å². The lowest BCUT2D eigenvalue weighted by molar-refractivity contribution is -0.183. The second-order valence-electron chi connectivity index (χ2n) is 5.52. The number of hydrogen-bond acceptors (Lipinski definition) is 1. The van der Waals surface area contributed by atoms with Crippen molar-refractivity contribution in [2.45, 2.75) is 44.4 Å². The zero-order valence-electron chi connectivity index (χ0n) is 11.9. The van der Waals surface area contributed by atoms with Gasteiger partial charge in [0.05, 0.1) is 5.92 Å². The summed E-state index contributed by atoms with van der Waals surface area (Å²) in [7, 11) is 0. The van der Waals surface area contributed by atoms with Gasteiger partial charge in [-0.2, -0.15) is 13.2 Å². The van der Waals surface area contributed by atoms with Crippen LogP contribution >= 0.6 is 0 Å². The highest BCUT2D eigenvalue weighted by molar-refractivity contribution is 5.74. The van der Waals surface area contributed by atoms with Crippen LogP contribution in [0, 0.1) is 11.7 Å². The lowest BCUT2D eigenvalue weighted by Crippen LogP contribution is -2.45. The van der Waals surface area contributed by atoms with Crippen LogP contribution < -0.4 is 10.6 Å². The molecule has 7 heteroatoms. The van der Waals surface area contributed by atoms with E-state index < -0.39 is 30.0 Å². The Bertz CT molecular complexity index is 519.